The van der Waals surface area contributed by atoms with Crippen molar-refractivity contribution in [1.82, 2.24) is 0 Å². The standard InChI is InChI=1S/C21H24N2O6S/c1-11-12(2)30-21-18(11)19(22-9-16(24)23(21)10-17(25)28-5)13-7-14(26-3)20(29-6)15(8-13)27-4/h7-8H,9-10H2,1-6H3. The predicted molar refractivity (Wildman–Crippen MR) is 115 cm³/mol. The average Bonchev–Trinajstić information content (AvgIpc) is 2.97. The number of carbonyl (C=O) groups excluding carboxylic acids is 2. The number of nitrogens with zero attached hydrogens (tertiary/aromatic N) is 2. The molecule has 8 nitrogen and oxygen atoms in total. The lowest BCUT2D eigenvalue weighted by Gasteiger charge is -2.19. The van der Waals surface area contributed by atoms with E-state index >= 15 is 0 Å². The first-order valence-corrected chi connectivity index (χ1v) is 10.00. The summed E-state index contributed by atoms with van der Waals surface area (Å²) < 4.78 is 21.1. The third kappa shape index (κ3) is 3.72. The van der Waals surface area contributed by atoms with Gasteiger partial charge in [-0.15, -0.1) is 11.3 Å². The van der Waals surface area contributed by atoms with Crippen molar-refractivity contribution in [3.63, 3.8) is 0 Å². The Morgan fingerprint density at radius 1 is 1.10 bits per heavy atom. The Hall–Kier alpha value is -3.07. The van der Waals surface area contributed by atoms with E-state index in [1.807, 2.05) is 13.8 Å². The van der Waals surface area contributed by atoms with Crippen LogP contribution in [-0.2, 0) is 14.3 Å². The van der Waals surface area contributed by atoms with Gasteiger partial charge in [-0.05, 0) is 31.5 Å². The molecule has 9 heteroatoms. The topological polar surface area (TPSA) is 86.7 Å². The normalized spacial score (nSPS) is 13.3. The van der Waals surface area contributed by atoms with E-state index in [0.29, 0.717) is 28.0 Å². The lowest BCUT2D eigenvalue weighted by molar-refractivity contribution is -0.139. The molecule has 0 N–H and O–H groups in total. The maximum atomic E-state index is 12.8. The van der Waals surface area contributed by atoms with Crippen molar-refractivity contribution in [3.8, 4) is 17.2 Å². The van der Waals surface area contributed by atoms with Gasteiger partial charge >= 0.3 is 5.97 Å². The molecule has 1 amide bonds. The number of esters is 1. The summed E-state index contributed by atoms with van der Waals surface area (Å²) in [6, 6.07) is 3.60. The number of rotatable bonds is 6. The first-order chi connectivity index (χ1) is 14.4. The van der Waals surface area contributed by atoms with Gasteiger partial charge in [-0.1, -0.05) is 0 Å². The molecule has 0 saturated heterocycles. The van der Waals surface area contributed by atoms with Crippen LogP contribution >= 0.6 is 11.3 Å². The van der Waals surface area contributed by atoms with Crippen LogP contribution in [0.2, 0.25) is 0 Å². The van der Waals surface area contributed by atoms with Crippen LogP contribution in [0.5, 0.6) is 17.2 Å². The number of aliphatic imine (C=N–C) groups is 1. The van der Waals surface area contributed by atoms with Crippen molar-refractivity contribution in [2.75, 3.05) is 46.4 Å². The summed E-state index contributed by atoms with van der Waals surface area (Å²) in [5, 5.41) is 0.672. The molecule has 0 radical (unpaired) electrons. The van der Waals surface area contributed by atoms with Crippen molar-refractivity contribution in [1.29, 1.82) is 0 Å². The molecule has 0 spiro atoms. The smallest absolute Gasteiger partial charge is 0.325 e. The maximum Gasteiger partial charge on any atom is 0.325 e. The monoisotopic (exact) mass is 432 g/mol. The molecular weight excluding hydrogens is 408 g/mol. The van der Waals surface area contributed by atoms with Crippen LogP contribution in [0.3, 0.4) is 0 Å². The third-order valence-electron chi connectivity index (χ3n) is 4.98. The molecule has 1 aromatic carbocycles. The number of amides is 1. The van der Waals surface area contributed by atoms with E-state index in [1.54, 1.807) is 26.4 Å². The molecule has 0 atom stereocenters. The van der Waals surface area contributed by atoms with E-state index in [4.69, 9.17) is 18.9 Å². The molecule has 30 heavy (non-hydrogen) atoms. The second-order valence-corrected chi connectivity index (χ2v) is 7.80. The molecule has 0 unspecified atom stereocenters. The van der Waals surface area contributed by atoms with Crippen molar-refractivity contribution in [3.05, 3.63) is 33.7 Å². The van der Waals surface area contributed by atoms with E-state index in [-0.39, 0.29) is 19.0 Å². The molecule has 1 aliphatic heterocycles. The first-order valence-electron chi connectivity index (χ1n) is 9.18. The summed E-state index contributed by atoms with van der Waals surface area (Å²) in [5.74, 6) is 0.685. The summed E-state index contributed by atoms with van der Waals surface area (Å²) in [6.45, 7) is 3.69. The van der Waals surface area contributed by atoms with Gasteiger partial charge in [0.2, 0.25) is 11.7 Å². The minimum Gasteiger partial charge on any atom is -0.493 e. The van der Waals surface area contributed by atoms with Gasteiger partial charge in [0, 0.05) is 16.0 Å². The number of hydrogen-bond acceptors (Lipinski definition) is 8. The van der Waals surface area contributed by atoms with Crippen molar-refractivity contribution >= 4 is 33.9 Å². The lowest BCUT2D eigenvalue weighted by Crippen LogP contribution is -2.37. The highest BCUT2D eigenvalue weighted by Crippen LogP contribution is 2.42. The average molecular weight is 432 g/mol. The van der Waals surface area contributed by atoms with Gasteiger partial charge in [0.1, 0.15) is 18.1 Å². The van der Waals surface area contributed by atoms with Gasteiger partial charge in [-0.25, -0.2) is 0 Å². The largest absolute Gasteiger partial charge is 0.493 e. The SMILES string of the molecule is COC(=O)CN1C(=O)CN=C(c2cc(OC)c(OC)c(OC)c2)c2c1sc(C)c2C. The number of anilines is 1. The Kier molecular flexibility index (Phi) is 6.31. The fourth-order valence-corrected chi connectivity index (χ4v) is 4.48. The van der Waals surface area contributed by atoms with Crippen LogP contribution in [0.25, 0.3) is 0 Å². The summed E-state index contributed by atoms with van der Waals surface area (Å²) >= 11 is 1.45. The number of hydrogen-bond donors (Lipinski definition) is 0. The Morgan fingerprint density at radius 2 is 1.73 bits per heavy atom. The number of benzene rings is 1. The minimum atomic E-state index is -0.491. The fraction of sp³-hybridized carbons (Fsp3) is 0.381. The molecule has 0 fully saturated rings. The Balaban J connectivity index is 2.22. The molecule has 1 aliphatic rings. The molecule has 160 valence electrons. The number of carbonyl (C=O) groups is 2. The maximum absolute atomic E-state index is 12.8. The molecule has 0 saturated carbocycles. The summed E-state index contributed by atoms with van der Waals surface area (Å²) in [7, 11) is 5.93. The highest BCUT2D eigenvalue weighted by atomic mass is 32.1. The molecule has 0 aliphatic carbocycles. The number of methoxy groups -OCH3 is 4. The summed E-state index contributed by atoms with van der Waals surface area (Å²) in [4.78, 5) is 31.8. The van der Waals surface area contributed by atoms with Crippen molar-refractivity contribution < 1.29 is 28.5 Å². The second kappa shape index (κ2) is 8.74. The molecule has 3 rings (SSSR count). The van der Waals surface area contributed by atoms with Crippen LogP contribution in [0.4, 0.5) is 5.00 Å². The van der Waals surface area contributed by atoms with Crippen LogP contribution in [0.1, 0.15) is 21.6 Å². The minimum absolute atomic E-state index is 0.0944. The zero-order chi connectivity index (χ0) is 22.0. The molecule has 2 aromatic rings. The van der Waals surface area contributed by atoms with Crippen LogP contribution in [-0.4, -0.2) is 59.1 Å². The van der Waals surface area contributed by atoms with Crippen LogP contribution in [0.15, 0.2) is 17.1 Å². The van der Waals surface area contributed by atoms with Gasteiger partial charge in [0.15, 0.2) is 11.5 Å². The highest BCUT2D eigenvalue weighted by molar-refractivity contribution is 7.17. The van der Waals surface area contributed by atoms with E-state index < -0.39 is 5.97 Å². The second-order valence-electron chi connectivity index (χ2n) is 6.60. The Bertz CT molecular complexity index is 1000. The summed E-state index contributed by atoms with van der Waals surface area (Å²) in [5.41, 5.74) is 3.15. The molecule has 0 bridgehead atoms. The van der Waals surface area contributed by atoms with Crippen LogP contribution < -0.4 is 19.1 Å². The van der Waals surface area contributed by atoms with Crippen molar-refractivity contribution in [2.24, 2.45) is 4.99 Å². The quantitative estimate of drug-likeness (QED) is 0.653. The first kappa shape index (κ1) is 21.6. The summed E-state index contributed by atoms with van der Waals surface area (Å²) in [6.07, 6.45) is 0. The van der Waals surface area contributed by atoms with Crippen LogP contribution in [0, 0.1) is 13.8 Å². The number of aryl methyl sites for hydroxylation is 1. The molecule has 1 aromatic heterocycles. The van der Waals surface area contributed by atoms with E-state index in [9.17, 15) is 9.59 Å². The predicted octanol–water partition coefficient (Wildman–Crippen LogP) is 2.75. The number of ether oxygens (including phenoxy) is 4. The highest BCUT2D eigenvalue weighted by Gasteiger charge is 2.31. The zero-order valence-electron chi connectivity index (χ0n) is 17.8. The number of thiophene rings is 1. The van der Waals surface area contributed by atoms with Gasteiger partial charge < -0.3 is 18.9 Å². The zero-order valence-corrected chi connectivity index (χ0v) is 18.6. The fourth-order valence-electron chi connectivity index (χ4n) is 3.31. The molecular formula is C21H24N2O6S. The van der Waals surface area contributed by atoms with Gasteiger partial charge in [-0.2, -0.15) is 0 Å². The van der Waals surface area contributed by atoms with E-state index in [0.717, 1.165) is 21.6 Å². The van der Waals surface area contributed by atoms with E-state index in [1.165, 1.54) is 30.5 Å². The lowest BCUT2D eigenvalue weighted by atomic mass is 9.99. The van der Waals surface area contributed by atoms with Gasteiger partial charge in [0.25, 0.3) is 0 Å². The van der Waals surface area contributed by atoms with Gasteiger partial charge in [0.05, 0.1) is 34.2 Å². The van der Waals surface area contributed by atoms with Gasteiger partial charge in [-0.3, -0.25) is 19.5 Å². The van der Waals surface area contributed by atoms with E-state index in [2.05, 4.69) is 4.99 Å². The third-order valence-corrected chi connectivity index (χ3v) is 6.21. The van der Waals surface area contributed by atoms with Crippen molar-refractivity contribution in [2.45, 2.75) is 13.8 Å². The molecule has 2 heterocycles. The number of fused-ring (bicyclic) bond motifs is 1. The Labute approximate surface area is 179 Å². The Morgan fingerprint density at radius 3 is 2.27 bits per heavy atom.